The summed E-state index contributed by atoms with van der Waals surface area (Å²) in [6.45, 7) is 1.71. The Hall–Kier alpha value is -1.30. The SMILES string of the molecule is COC1(CC(=O)N2CCC3(CC2)CC(NC(=O)N(C)C)C3)CCC1. The van der Waals surface area contributed by atoms with Gasteiger partial charge in [0.15, 0.2) is 0 Å². The molecule has 1 heterocycles. The van der Waals surface area contributed by atoms with E-state index in [2.05, 4.69) is 5.32 Å². The van der Waals surface area contributed by atoms with Gasteiger partial charge in [-0.05, 0) is 50.4 Å². The third kappa shape index (κ3) is 3.39. The molecule has 136 valence electrons. The highest BCUT2D eigenvalue weighted by Crippen LogP contribution is 2.49. The molecule has 3 fully saturated rings. The molecule has 0 atom stereocenters. The molecule has 0 aromatic rings. The number of hydrogen-bond donors (Lipinski definition) is 1. The van der Waals surface area contributed by atoms with Gasteiger partial charge in [0.05, 0.1) is 12.0 Å². The quantitative estimate of drug-likeness (QED) is 0.853. The molecule has 0 unspecified atom stereocenters. The first kappa shape index (κ1) is 17.5. The van der Waals surface area contributed by atoms with E-state index in [0.29, 0.717) is 17.9 Å². The lowest BCUT2D eigenvalue weighted by Gasteiger charge is -2.52. The van der Waals surface area contributed by atoms with Crippen molar-refractivity contribution in [3.63, 3.8) is 0 Å². The Morgan fingerprint density at radius 1 is 1.17 bits per heavy atom. The minimum absolute atomic E-state index is 0.00664. The number of urea groups is 1. The van der Waals surface area contributed by atoms with E-state index in [1.165, 1.54) is 6.42 Å². The highest BCUT2D eigenvalue weighted by Gasteiger charge is 2.47. The first-order chi connectivity index (χ1) is 11.4. The van der Waals surface area contributed by atoms with Crippen molar-refractivity contribution in [2.75, 3.05) is 34.3 Å². The number of hydrogen-bond acceptors (Lipinski definition) is 3. The second-order valence-corrected chi connectivity index (χ2v) is 8.25. The van der Waals surface area contributed by atoms with E-state index in [9.17, 15) is 9.59 Å². The van der Waals surface area contributed by atoms with E-state index >= 15 is 0 Å². The fraction of sp³-hybridized carbons (Fsp3) is 0.889. The minimum Gasteiger partial charge on any atom is -0.378 e. The zero-order valence-electron chi connectivity index (χ0n) is 15.3. The van der Waals surface area contributed by atoms with Gasteiger partial charge in [0, 0.05) is 40.3 Å². The summed E-state index contributed by atoms with van der Waals surface area (Å²) in [5, 5.41) is 3.07. The van der Waals surface area contributed by atoms with E-state index in [4.69, 9.17) is 4.74 Å². The molecule has 1 saturated heterocycles. The Kier molecular flexibility index (Phi) is 4.78. The minimum atomic E-state index is -0.176. The van der Waals surface area contributed by atoms with Gasteiger partial charge in [-0.2, -0.15) is 0 Å². The Morgan fingerprint density at radius 2 is 1.79 bits per heavy atom. The zero-order chi connectivity index (χ0) is 17.4. The third-order valence-electron chi connectivity index (χ3n) is 6.44. The van der Waals surface area contributed by atoms with Crippen LogP contribution in [0, 0.1) is 5.41 Å². The Morgan fingerprint density at radius 3 is 2.25 bits per heavy atom. The molecule has 6 heteroatoms. The summed E-state index contributed by atoms with van der Waals surface area (Å²) in [7, 11) is 5.26. The number of amides is 3. The molecule has 2 aliphatic carbocycles. The van der Waals surface area contributed by atoms with E-state index in [0.717, 1.165) is 51.6 Å². The number of piperidine rings is 1. The second kappa shape index (κ2) is 6.54. The summed E-state index contributed by atoms with van der Waals surface area (Å²) < 4.78 is 5.59. The van der Waals surface area contributed by atoms with Crippen LogP contribution in [0.5, 0.6) is 0 Å². The number of likely N-dealkylation sites (tertiary alicyclic amines) is 1. The topological polar surface area (TPSA) is 61.9 Å². The van der Waals surface area contributed by atoms with Crippen molar-refractivity contribution in [2.45, 2.75) is 63.0 Å². The molecular formula is C18H31N3O3. The number of carbonyl (C=O) groups excluding carboxylic acids is 2. The molecule has 2 saturated carbocycles. The largest absolute Gasteiger partial charge is 0.378 e. The van der Waals surface area contributed by atoms with E-state index in [1.54, 1.807) is 26.1 Å². The number of methoxy groups -OCH3 is 1. The summed E-state index contributed by atoms with van der Waals surface area (Å²) in [5.41, 5.74) is 0.167. The van der Waals surface area contributed by atoms with Crippen LogP contribution in [0.25, 0.3) is 0 Å². The van der Waals surface area contributed by atoms with Gasteiger partial charge in [0.2, 0.25) is 5.91 Å². The van der Waals surface area contributed by atoms with Gasteiger partial charge in [-0.1, -0.05) is 0 Å². The number of carbonyl (C=O) groups is 2. The first-order valence-electron chi connectivity index (χ1n) is 9.18. The summed E-state index contributed by atoms with van der Waals surface area (Å²) in [5.74, 6) is 0.253. The molecule has 0 aromatic heterocycles. The molecule has 1 N–H and O–H groups in total. The maximum absolute atomic E-state index is 12.6. The van der Waals surface area contributed by atoms with Gasteiger partial charge >= 0.3 is 6.03 Å². The van der Waals surface area contributed by atoms with Crippen molar-refractivity contribution in [1.29, 1.82) is 0 Å². The van der Waals surface area contributed by atoms with Gasteiger partial charge in [0.1, 0.15) is 0 Å². The highest BCUT2D eigenvalue weighted by atomic mass is 16.5. The number of nitrogens with zero attached hydrogens (tertiary/aromatic N) is 2. The number of rotatable bonds is 4. The fourth-order valence-corrected chi connectivity index (χ4v) is 4.44. The molecular weight excluding hydrogens is 306 g/mol. The van der Waals surface area contributed by atoms with E-state index in [1.807, 2.05) is 4.90 Å². The highest BCUT2D eigenvalue weighted by molar-refractivity contribution is 5.77. The molecule has 0 aromatic carbocycles. The van der Waals surface area contributed by atoms with Gasteiger partial charge in [-0.25, -0.2) is 4.79 Å². The van der Waals surface area contributed by atoms with Gasteiger partial charge < -0.3 is 19.9 Å². The van der Waals surface area contributed by atoms with Crippen LogP contribution in [-0.4, -0.2) is 67.7 Å². The average molecular weight is 337 g/mol. The van der Waals surface area contributed by atoms with Crippen LogP contribution in [0.4, 0.5) is 4.79 Å². The smallest absolute Gasteiger partial charge is 0.317 e. The second-order valence-electron chi connectivity index (χ2n) is 8.25. The molecule has 1 aliphatic heterocycles. The molecule has 0 bridgehead atoms. The van der Waals surface area contributed by atoms with Gasteiger partial charge in [-0.15, -0.1) is 0 Å². The molecule has 24 heavy (non-hydrogen) atoms. The van der Waals surface area contributed by atoms with Crippen LogP contribution in [0.2, 0.25) is 0 Å². The van der Waals surface area contributed by atoms with Crippen molar-refractivity contribution in [3.8, 4) is 0 Å². The number of ether oxygens (including phenoxy) is 1. The van der Waals surface area contributed by atoms with Crippen LogP contribution in [0.3, 0.4) is 0 Å². The van der Waals surface area contributed by atoms with Gasteiger partial charge in [-0.3, -0.25) is 4.79 Å². The average Bonchev–Trinajstić information content (AvgIpc) is 2.49. The van der Waals surface area contributed by atoms with Crippen molar-refractivity contribution >= 4 is 11.9 Å². The third-order valence-corrected chi connectivity index (χ3v) is 6.44. The van der Waals surface area contributed by atoms with Gasteiger partial charge in [0.25, 0.3) is 0 Å². The van der Waals surface area contributed by atoms with Crippen molar-refractivity contribution in [3.05, 3.63) is 0 Å². The van der Waals surface area contributed by atoms with Crippen LogP contribution in [0.15, 0.2) is 0 Å². The molecule has 3 amide bonds. The van der Waals surface area contributed by atoms with Crippen molar-refractivity contribution < 1.29 is 14.3 Å². The monoisotopic (exact) mass is 337 g/mol. The summed E-state index contributed by atoms with van der Waals surface area (Å²) in [6.07, 6.45) is 7.97. The van der Waals surface area contributed by atoms with Crippen LogP contribution in [0.1, 0.15) is 51.4 Å². The lowest BCUT2D eigenvalue weighted by atomic mass is 9.60. The predicted molar refractivity (Wildman–Crippen MR) is 91.7 cm³/mol. The lowest BCUT2D eigenvalue weighted by Crippen LogP contribution is -2.57. The molecule has 1 spiro atoms. The summed E-state index contributed by atoms with van der Waals surface area (Å²) in [4.78, 5) is 27.9. The van der Waals surface area contributed by atoms with E-state index in [-0.39, 0.29) is 17.5 Å². The first-order valence-corrected chi connectivity index (χ1v) is 9.18. The normalized spacial score (nSPS) is 24.9. The maximum atomic E-state index is 12.6. The molecule has 3 rings (SSSR count). The molecule has 3 aliphatic rings. The Labute approximate surface area is 144 Å². The van der Waals surface area contributed by atoms with Crippen molar-refractivity contribution in [1.82, 2.24) is 15.1 Å². The Bertz CT molecular complexity index is 480. The van der Waals surface area contributed by atoms with Crippen molar-refractivity contribution in [2.24, 2.45) is 5.41 Å². The lowest BCUT2D eigenvalue weighted by molar-refractivity contribution is -0.147. The fourth-order valence-electron chi connectivity index (χ4n) is 4.44. The van der Waals surface area contributed by atoms with Crippen LogP contribution in [-0.2, 0) is 9.53 Å². The zero-order valence-corrected chi connectivity index (χ0v) is 15.3. The molecule has 0 radical (unpaired) electrons. The van der Waals surface area contributed by atoms with Crippen LogP contribution < -0.4 is 5.32 Å². The Balaban J connectivity index is 1.42. The van der Waals surface area contributed by atoms with E-state index < -0.39 is 0 Å². The standard InChI is InChI=1S/C18H31N3O3/c1-20(2)16(23)19-14-11-17(12-14)7-9-21(10-8-17)15(22)13-18(24-3)5-4-6-18/h14H,4-13H2,1-3H3,(H,19,23). The van der Waals surface area contributed by atoms with Crippen LogP contribution >= 0.6 is 0 Å². The summed E-state index contributed by atoms with van der Waals surface area (Å²) >= 11 is 0. The molecule has 6 nitrogen and oxygen atoms in total. The summed E-state index contributed by atoms with van der Waals surface area (Å²) in [6, 6.07) is 0.293. The maximum Gasteiger partial charge on any atom is 0.317 e. The predicted octanol–water partition coefficient (Wildman–Crippen LogP) is 1.99. The number of nitrogens with one attached hydrogen (secondary N) is 1.